The molecule has 1 fully saturated rings. The number of anilines is 2. The van der Waals surface area contributed by atoms with E-state index >= 15 is 0 Å². The zero-order chi connectivity index (χ0) is 12.5. The Kier molecular flexibility index (Phi) is 3.50. The highest BCUT2D eigenvalue weighted by Crippen LogP contribution is 2.25. The number of primary sulfonamides is 1. The maximum absolute atomic E-state index is 11.2. The average molecular weight is 273 g/mol. The summed E-state index contributed by atoms with van der Waals surface area (Å²) in [5.41, 5.74) is 6.70. The molecule has 0 aliphatic carbocycles. The summed E-state index contributed by atoms with van der Waals surface area (Å²) in [7, 11) is -3.73. The van der Waals surface area contributed by atoms with Crippen molar-refractivity contribution >= 4 is 33.2 Å². The zero-order valence-corrected chi connectivity index (χ0v) is 10.9. The van der Waals surface area contributed by atoms with Gasteiger partial charge in [0.15, 0.2) is 0 Å². The Hall–Kier alpha value is -0.920. The van der Waals surface area contributed by atoms with Crippen LogP contribution >= 0.6 is 11.8 Å². The summed E-state index contributed by atoms with van der Waals surface area (Å²) in [6, 6.07) is 5.18. The summed E-state index contributed by atoms with van der Waals surface area (Å²) in [6.07, 6.45) is 1.11. The van der Waals surface area contributed by atoms with Crippen LogP contribution in [0.4, 0.5) is 11.4 Å². The molecule has 0 spiro atoms. The highest BCUT2D eigenvalue weighted by atomic mass is 32.2. The third-order valence-corrected chi connectivity index (χ3v) is 4.76. The molecule has 1 aromatic carbocycles. The number of nitrogens with one attached hydrogen (secondary N) is 1. The highest BCUT2D eigenvalue weighted by molar-refractivity contribution is 7.99. The Morgan fingerprint density at radius 1 is 1.41 bits per heavy atom. The Morgan fingerprint density at radius 2 is 2.18 bits per heavy atom. The number of benzene rings is 1. The molecule has 1 aliphatic heterocycles. The average Bonchev–Trinajstić information content (AvgIpc) is 2.68. The lowest BCUT2D eigenvalue weighted by molar-refractivity contribution is 0.598. The Labute approximate surface area is 105 Å². The molecule has 5 N–H and O–H groups in total. The number of hydrogen-bond donors (Lipinski definition) is 3. The van der Waals surface area contributed by atoms with Gasteiger partial charge in [0.25, 0.3) is 0 Å². The summed E-state index contributed by atoms with van der Waals surface area (Å²) in [4.78, 5) is -0.0242. The summed E-state index contributed by atoms with van der Waals surface area (Å²) >= 11 is 1.90. The lowest BCUT2D eigenvalue weighted by Crippen LogP contribution is -2.19. The first kappa shape index (κ1) is 12.5. The summed E-state index contributed by atoms with van der Waals surface area (Å²) in [5, 5.41) is 8.36. The van der Waals surface area contributed by atoms with Gasteiger partial charge in [-0.05, 0) is 30.4 Å². The quantitative estimate of drug-likeness (QED) is 0.709. The molecule has 7 heteroatoms. The number of sulfonamides is 1. The summed E-state index contributed by atoms with van der Waals surface area (Å²) in [5.74, 6) is 2.22. The van der Waals surface area contributed by atoms with Crippen LogP contribution in [-0.4, -0.2) is 26.0 Å². The molecule has 0 bridgehead atoms. The first-order valence-corrected chi connectivity index (χ1v) is 7.93. The lowest BCUT2D eigenvalue weighted by Gasteiger charge is -2.14. The number of hydrogen-bond acceptors (Lipinski definition) is 5. The SMILES string of the molecule is Nc1cc(NC2CCSC2)ccc1S(N)(=O)=O. The van der Waals surface area contributed by atoms with Crippen LogP contribution in [-0.2, 0) is 10.0 Å². The number of nitrogens with two attached hydrogens (primary N) is 2. The molecule has 1 aliphatic rings. The minimum Gasteiger partial charge on any atom is -0.398 e. The second-order valence-corrected chi connectivity index (χ2v) is 6.68. The van der Waals surface area contributed by atoms with E-state index in [4.69, 9.17) is 10.9 Å². The maximum atomic E-state index is 11.2. The molecule has 0 radical (unpaired) electrons. The van der Waals surface area contributed by atoms with Crippen molar-refractivity contribution in [1.82, 2.24) is 0 Å². The van der Waals surface area contributed by atoms with Crippen LogP contribution in [0.1, 0.15) is 6.42 Å². The maximum Gasteiger partial charge on any atom is 0.240 e. The predicted octanol–water partition coefficient (Wildman–Crippen LogP) is 0.834. The first-order chi connectivity index (χ1) is 7.97. The van der Waals surface area contributed by atoms with Crippen molar-refractivity contribution in [3.63, 3.8) is 0 Å². The van der Waals surface area contributed by atoms with Gasteiger partial charge in [-0.2, -0.15) is 11.8 Å². The van der Waals surface area contributed by atoms with Gasteiger partial charge in [0.2, 0.25) is 10.0 Å². The lowest BCUT2D eigenvalue weighted by atomic mass is 10.2. The molecule has 94 valence electrons. The Morgan fingerprint density at radius 3 is 2.71 bits per heavy atom. The van der Waals surface area contributed by atoms with Crippen molar-refractivity contribution in [1.29, 1.82) is 0 Å². The van der Waals surface area contributed by atoms with Gasteiger partial charge in [-0.25, -0.2) is 13.6 Å². The second kappa shape index (κ2) is 4.75. The van der Waals surface area contributed by atoms with Crippen molar-refractivity contribution in [3.8, 4) is 0 Å². The van der Waals surface area contributed by atoms with E-state index < -0.39 is 10.0 Å². The molecule has 5 nitrogen and oxygen atoms in total. The first-order valence-electron chi connectivity index (χ1n) is 5.23. The third-order valence-electron chi connectivity index (χ3n) is 2.62. The van der Waals surface area contributed by atoms with Crippen molar-refractivity contribution < 1.29 is 8.42 Å². The molecular weight excluding hydrogens is 258 g/mol. The van der Waals surface area contributed by atoms with Gasteiger partial charge in [0.05, 0.1) is 5.69 Å². The predicted molar refractivity (Wildman–Crippen MR) is 71.6 cm³/mol. The van der Waals surface area contributed by atoms with Gasteiger partial charge in [0, 0.05) is 17.5 Å². The highest BCUT2D eigenvalue weighted by Gasteiger charge is 2.16. The molecule has 2 rings (SSSR count). The molecule has 1 aromatic rings. The van der Waals surface area contributed by atoms with E-state index in [-0.39, 0.29) is 10.6 Å². The van der Waals surface area contributed by atoms with Crippen LogP contribution in [0.2, 0.25) is 0 Å². The van der Waals surface area contributed by atoms with Crippen molar-refractivity contribution in [2.24, 2.45) is 5.14 Å². The van der Waals surface area contributed by atoms with Crippen molar-refractivity contribution in [2.45, 2.75) is 17.4 Å². The van der Waals surface area contributed by atoms with E-state index in [0.717, 1.165) is 23.6 Å². The minimum atomic E-state index is -3.73. The van der Waals surface area contributed by atoms with E-state index in [2.05, 4.69) is 5.32 Å². The zero-order valence-electron chi connectivity index (χ0n) is 9.22. The molecular formula is C10H15N3O2S2. The van der Waals surface area contributed by atoms with E-state index in [1.807, 2.05) is 11.8 Å². The molecule has 1 atom stereocenters. The molecule has 17 heavy (non-hydrogen) atoms. The van der Waals surface area contributed by atoms with Gasteiger partial charge < -0.3 is 11.1 Å². The van der Waals surface area contributed by atoms with Gasteiger partial charge >= 0.3 is 0 Å². The summed E-state index contributed by atoms with van der Waals surface area (Å²) in [6.45, 7) is 0. The fourth-order valence-corrected chi connectivity index (χ4v) is 3.58. The van der Waals surface area contributed by atoms with Crippen LogP contribution in [0.3, 0.4) is 0 Å². The normalized spacial score (nSPS) is 20.4. The summed E-state index contributed by atoms with van der Waals surface area (Å²) < 4.78 is 22.4. The molecule has 1 saturated heterocycles. The standard InChI is InChI=1S/C10H15N3O2S2/c11-9-5-7(13-8-3-4-16-6-8)1-2-10(9)17(12,14)15/h1-2,5,8,13H,3-4,6,11H2,(H2,12,14,15). The smallest absolute Gasteiger partial charge is 0.240 e. The molecule has 0 amide bonds. The van der Waals surface area contributed by atoms with Gasteiger partial charge in [-0.1, -0.05) is 0 Å². The molecule has 0 aromatic heterocycles. The van der Waals surface area contributed by atoms with E-state index in [0.29, 0.717) is 6.04 Å². The monoisotopic (exact) mass is 273 g/mol. The van der Waals surface area contributed by atoms with Gasteiger partial charge in [0.1, 0.15) is 4.90 Å². The van der Waals surface area contributed by atoms with Crippen LogP contribution < -0.4 is 16.2 Å². The fraction of sp³-hybridized carbons (Fsp3) is 0.400. The van der Waals surface area contributed by atoms with Crippen LogP contribution in [0.25, 0.3) is 0 Å². The number of thioether (sulfide) groups is 1. The van der Waals surface area contributed by atoms with Crippen LogP contribution in [0.5, 0.6) is 0 Å². The van der Waals surface area contributed by atoms with Gasteiger partial charge in [-0.3, -0.25) is 0 Å². The molecule has 1 heterocycles. The van der Waals surface area contributed by atoms with Crippen LogP contribution in [0, 0.1) is 0 Å². The molecule has 0 saturated carbocycles. The Bertz CT molecular complexity index is 510. The van der Waals surface area contributed by atoms with Crippen LogP contribution in [0.15, 0.2) is 23.1 Å². The minimum absolute atomic E-state index is 0.0242. The Balaban J connectivity index is 2.19. The topological polar surface area (TPSA) is 98.2 Å². The third kappa shape index (κ3) is 3.05. The molecule has 1 unspecified atom stereocenters. The van der Waals surface area contributed by atoms with Gasteiger partial charge in [-0.15, -0.1) is 0 Å². The number of rotatable bonds is 3. The van der Waals surface area contributed by atoms with Crippen molar-refractivity contribution in [3.05, 3.63) is 18.2 Å². The number of nitrogen functional groups attached to an aromatic ring is 1. The van der Waals surface area contributed by atoms with E-state index in [1.54, 1.807) is 12.1 Å². The second-order valence-electron chi connectivity index (χ2n) is 4.00. The fourth-order valence-electron chi connectivity index (χ4n) is 1.78. The largest absolute Gasteiger partial charge is 0.398 e. The van der Waals surface area contributed by atoms with Crippen molar-refractivity contribution in [2.75, 3.05) is 22.6 Å². The van der Waals surface area contributed by atoms with E-state index in [9.17, 15) is 8.42 Å². The van der Waals surface area contributed by atoms with E-state index in [1.165, 1.54) is 6.07 Å².